The largest absolute Gasteiger partial charge is 0.466 e. The summed E-state index contributed by atoms with van der Waals surface area (Å²) in [6.07, 6.45) is 12.4. The summed E-state index contributed by atoms with van der Waals surface area (Å²) >= 11 is 0. The molecule has 4 aliphatic carbocycles. The van der Waals surface area contributed by atoms with Crippen LogP contribution in [0.3, 0.4) is 0 Å². The standard InChI is InChI=1S/C26H42O3/c1-5-29-24(28)11-6-17(2)21-9-10-22-20-8-7-18-16-19(27)12-14-25(18,3)23(20)13-15-26(21,22)4/h17-18,20-23H,5-16H2,1-4H3/t17-,18-,20+,21-,22?,23?,25+,26-/m1/s1. The van der Waals surface area contributed by atoms with Crippen LogP contribution in [0.2, 0.25) is 0 Å². The third-order valence-electron chi connectivity index (χ3n) is 10.4. The van der Waals surface area contributed by atoms with Crippen LogP contribution >= 0.6 is 0 Å². The quantitative estimate of drug-likeness (QED) is 0.515. The molecule has 0 saturated heterocycles. The lowest BCUT2D eigenvalue weighted by molar-refractivity contribution is -0.144. The number of hydrogen-bond donors (Lipinski definition) is 0. The van der Waals surface area contributed by atoms with Crippen molar-refractivity contribution in [3.8, 4) is 0 Å². The van der Waals surface area contributed by atoms with Gasteiger partial charge in [-0.3, -0.25) is 9.59 Å². The maximum Gasteiger partial charge on any atom is 0.305 e. The third kappa shape index (κ3) is 3.59. The fourth-order valence-corrected chi connectivity index (χ4v) is 8.80. The van der Waals surface area contributed by atoms with E-state index in [9.17, 15) is 9.59 Å². The fourth-order valence-electron chi connectivity index (χ4n) is 8.80. The molecule has 4 rings (SSSR count). The van der Waals surface area contributed by atoms with Gasteiger partial charge >= 0.3 is 5.97 Å². The van der Waals surface area contributed by atoms with Crippen molar-refractivity contribution in [2.75, 3.05) is 6.61 Å². The van der Waals surface area contributed by atoms with E-state index in [1.165, 1.54) is 38.5 Å². The molecule has 4 saturated carbocycles. The van der Waals surface area contributed by atoms with Crippen molar-refractivity contribution in [2.24, 2.45) is 46.3 Å². The van der Waals surface area contributed by atoms with Crippen molar-refractivity contribution >= 4 is 11.8 Å². The first-order valence-electron chi connectivity index (χ1n) is 12.5. The lowest BCUT2D eigenvalue weighted by atomic mass is 9.44. The summed E-state index contributed by atoms with van der Waals surface area (Å²) in [5, 5.41) is 0. The van der Waals surface area contributed by atoms with Crippen LogP contribution < -0.4 is 0 Å². The van der Waals surface area contributed by atoms with Crippen molar-refractivity contribution in [3.05, 3.63) is 0 Å². The normalized spacial score (nSPS) is 45.1. The van der Waals surface area contributed by atoms with Gasteiger partial charge in [0.2, 0.25) is 0 Å². The number of hydrogen-bond acceptors (Lipinski definition) is 3. The molecule has 0 N–H and O–H groups in total. The molecule has 0 aromatic heterocycles. The van der Waals surface area contributed by atoms with Crippen LogP contribution in [0.15, 0.2) is 0 Å². The number of ether oxygens (including phenoxy) is 1. The number of fused-ring (bicyclic) bond motifs is 5. The lowest BCUT2D eigenvalue weighted by Crippen LogP contribution is -2.53. The summed E-state index contributed by atoms with van der Waals surface area (Å²) in [6, 6.07) is 0. The first-order valence-corrected chi connectivity index (χ1v) is 12.5. The molecule has 0 aromatic rings. The SMILES string of the molecule is CCOC(=O)CC[C@@H](C)[C@H]1CCC2[C@@H]3CC[C@@H]4CC(=O)CC[C@]4(C)C3CC[C@@]21C. The second-order valence-electron chi connectivity index (χ2n) is 11.4. The van der Waals surface area contributed by atoms with Crippen LogP contribution in [-0.2, 0) is 14.3 Å². The van der Waals surface area contributed by atoms with Crippen LogP contribution in [0, 0.1) is 46.3 Å². The Balaban J connectivity index is 1.46. The smallest absolute Gasteiger partial charge is 0.305 e. The molecule has 0 radical (unpaired) electrons. The molecule has 0 spiro atoms. The van der Waals surface area contributed by atoms with E-state index >= 15 is 0 Å². The van der Waals surface area contributed by atoms with Crippen LogP contribution in [0.1, 0.15) is 98.3 Å². The van der Waals surface area contributed by atoms with Crippen LogP contribution in [0.4, 0.5) is 0 Å². The Morgan fingerprint density at radius 1 is 1.07 bits per heavy atom. The van der Waals surface area contributed by atoms with Gasteiger partial charge in [-0.05, 0) is 105 Å². The van der Waals surface area contributed by atoms with Gasteiger partial charge in [0, 0.05) is 19.3 Å². The van der Waals surface area contributed by atoms with Gasteiger partial charge in [0.05, 0.1) is 6.61 Å². The van der Waals surface area contributed by atoms with Gasteiger partial charge in [-0.2, -0.15) is 0 Å². The Kier molecular flexibility index (Phi) is 5.90. The minimum atomic E-state index is -0.0270. The van der Waals surface area contributed by atoms with Crippen molar-refractivity contribution in [1.82, 2.24) is 0 Å². The molecule has 0 amide bonds. The van der Waals surface area contributed by atoms with Gasteiger partial charge in [-0.1, -0.05) is 20.8 Å². The fraction of sp³-hybridized carbons (Fsp3) is 0.923. The molecule has 29 heavy (non-hydrogen) atoms. The Morgan fingerprint density at radius 3 is 2.59 bits per heavy atom. The predicted octanol–water partition coefficient (Wildman–Crippen LogP) is 6.19. The number of esters is 1. The number of carbonyl (C=O) groups excluding carboxylic acids is 2. The highest BCUT2D eigenvalue weighted by atomic mass is 16.5. The summed E-state index contributed by atoms with van der Waals surface area (Å²) < 4.78 is 5.16. The predicted molar refractivity (Wildman–Crippen MR) is 115 cm³/mol. The first-order chi connectivity index (χ1) is 13.8. The van der Waals surface area contributed by atoms with E-state index < -0.39 is 0 Å². The zero-order chi connectivity index (χ0) is 20.8. The average molecular weight is 403 g/mol. The van der Waals surface area contributed by atoms with E-state index in [0.29, 0.717) is 41.5 Å². The van der Waals surface area contributed by atoms with Crippen LogP contribution in [0.25, 0.3) is 0 Å². The molecule has 0 aromatic carbocycles. The minimum Gasteiger partial charge on any atom is -0.466 e. The third-order valence-corrected chi connectivity index (χ3v) is 10.4. The van der Waals surface area contributed by atoms with Crippen molar-refractivity contribution in [2.45, 2.75) is 98.3 Å². The number of Topliss-reactive ketones (excluding diaryl/α,β-unsaturated/α-hetero) is 1. The monoisotopic (exact) mass is 402 g/mol. The molecule has 2 unspecified atom stereocenters. The maximum atomic E-state index is 12.1. The molecule has 3 heteroatoms. The van der Waals surface area contributed by atoms with E-state index in [-0.39, 0.29) is 5.97 Å². The molecular formula is C26H42O3. The van der Waals surface area contributed by atoms with Gasteiger partial charge in [0.1, 0.15) is 5.78 Å². The number of carbonyl (C=O) groups is 2. The molecule has 0 bridgehead atoms. The van der Waals surface area contributed by atoms with Gasteiger partial charge in [-0.25, -0.2) is 0 Å². The van der Waals surface area contributed by atoms with Crippen molar-refractivity contribution in [1.29, 1.82) is 0 Å². The molecule has 0 aliphatic heterocycles. The molecule has 164 valence electrons. The summed E-state index contributed by atoms with van der Waals surface area (Å²) in [5.74, 6) is 5.04. The number of rotatable bonds is 5. The van der Waals surface area contributed by atoms with Crippen LogP contribution in [0.5, 0.6) is 0 Å². The molecule has 8 atom stereocenters. The highest BCUT2D eigenvalue weighted by molar-refractivity contribution is 5.79. The second-order valence-corrected chi connectivity index (χ2v) is 11.4. The first kappa shape index (κ1) is 21.4. The maximum absolute atomic E-state index is 12.1. The second kappa shape index (κ2) is 8.00. The number of ketones is 1. The Labute approximate surface area is 177 Å². The zero-order valence-electron chi connectivity index (χ0n) is 19.2. The molecule has 4 fully saturated rings. The molecular weight excluding hydrogens is 360 g/mol. The zero-order valence-corrected chi connectivity index (χ0v) is 19.2. The Hall–Kier alpha value is -0.860. The van der Waals surface area contributed by atoms with Crippen molar-refractivity contribution < 1.29 is 14.3 Å². The van der Waals surface area contributed by atoms with E-state index in [1.807, 2.05) is 6.92 Å². The Bertz CT molecular complexity index is 642. The van der Waals surface area contributed by atoms with E-state index in [0.717, 1.165) is 49.4 Å². The van der Waals surface area contributed by atoms with E-state index in [2.05, 4.69) is 20.8 Å². The average Bonchev–Trinajstić information content (AvgIpc) is 3.04. The van der Waals surface area contributed by atoms with Gasteiger partial charge in [-0.15, -0.1) is 0 Å². The van der Waals surface area contributed by atoms with Crippen molar-refractivity contribution in [3.63, 3.8) is 0 Å². The molecule has 4 aliphatic rings. The topological polar surface area (TPSA) is 43.4 Å². The summed E-state index contributed by atoms with van der Waals surface area (Å²) in [6.45, 7) is 9.89. The summed E-state index contributed by atoms with van der Waals surface area (Å²) in [5.41, 5.74) is 0.856. The van der Waals surface area contributed by atoms with Gasteiger partial charge < -0.3 is 4.74 Å². The lowest BCUT2D eigenvalue weighted by Gasteiger charge is -2.60. The van der Waals surface area contributed by atoms with Gasteiger partial charge in [0.25, 0.3) is 0 Å². The van der Waals surface area contributed by atoms with E-state index in [4.69, 9.17) is 4.74 Å². The summed E-state index contributed by atoms with van der Waals surface area (Å²) in [7, 11) is 0. The minimum absolute atomic E-state index is 0.0270. The van der Waals surface area contributed by atoms with Gasteiger partial charge in [0.15, 0.2) is 0 Å². The Morgan fingerprint density at radius 2 is 1.83 bits per heavy atom. The highest BCUT2D eigenvalue weighted by Crippen LogP contribution is 2.68. The highest BCUT2D eigenvalue weighted by Gasteiger charge is 2.60. The molecule has 3 nitrogen and oxygen atoms in total. The van der Waals surface area contributed by atoms with Crippen LogP contribution in [-0.4, -0.2) is 18.4 Å². The van der Waals surface area contributed by atoms with E-state index in [1.54, 1.807) is 0 Å². The summed E-state index contributed by atoms with van der Waals surface area (Å²) in [4.78, 5) is 23.9. The molecule has 0 heterocycles.